The molecule has 1 N–H and O–H groups in total. The Labute approximate surface area is 87.4 Å². The highest BCUT2D eigenvalue weighted by Crippen LogP contribution is 2.34. The van der Waals surface area contributed by atoms with E-state index in [9.17, 15) is 0 Å². The maximum Gasteiger partial charge on any atom is 0.0190 e. The topological polar surface area (TPSA) is 15.3 Å². The first-order valence-electron chi connectivity index (χ1n) is 5.81. The van der Waals surface area contributed by atoms with Gasteiger partial charge in [0.25, 0.3) is 0 Å². The van der Waals surface area contributed by atoms with Crippen molar-refractivity contribution in [3.05, 3.63) is 12.2 Å². The number of nitrogens with one attached hydrogen (secondary N) is 1. The standard InChI is InChI=1S/C12H22N2/c1-4-12-11-6-13-5-10(11)8-14(12)7-9(2)3/h10-13H,2,4-8H2,1,3H3. The molecule has 0 radical (unpaired) electrons. The average molecular weight is 194 g/mol. The van der Waals surface area contributed by atoms with Crippen molar-refractivity contribution < 1.29 is 0 Å². The Hall–Kier alpha value is -0.340. The van der Waals surface area contributed by atoms with Crippen LogP contribution in [0.4, 0.5) is 0 Å². The molecule has 0 aromatic carbocycles. The van der Waals surface area contributed by atoms with Gasteiger partial charge in [-0.15, -0.1) is 0 Å². The summed E-state index contributed by atoms with van der Waals surface area (Å²) in [6, 6.07) is 0.798. The summed E-state index contributed by atoms with van der Waals surface area (Å²) < 4.78 is 0. The number of hydrogen-bond donors (Lipinski definition) is 1. The zero-order valence-corrected chi connectivity index (χ0v) is 9.42. The molecule has 80 valence electrons. The zero-order chi connectivity index (χ0) is 10.1. The first kappa shape index (κ1) is 10.2. The summed E-state index contributed by atoms with van der Waals surface area (Å²) >= 11 is 0. The summed E-state index contributed by atoms with van der Waals surface area (Å²) in [5, 5.41) is 3.51. The van der Waals surface area contributed by atoms with Crippen molar-refractivity contribution in [3.8, 4) is 0 Å². The van der Waals surface area contributed by atoms with Crippen LogP contribution in [0.3, 0.4) is 0 Å². The molecule has 14 heavy (non-hydrogen) atoms. The molecule has 0 spiro atoms. The summed E-state index contributed by atoms with van der Waals surface area (Å²) in [4.78, 5) is 2.64. The van der Waals surface area contributed by atoms with Crippen LogP contribution in [0.1, 0.15) is 20.3 Å². The molecule has 2 heteroatoms. The smallest absolute Gasteiger partial charge is 0.0190 e. The highest BCUT2D eigenvalue weighted by molar-refractivity contribution is 5.02. The molecule has 3 unspecified atom stereocenters. The highest BCUT2D eigenvalue weighted by atomic mass is 15.2. The van der Waals surface area contributed by atoms with E-state index in [-0.39, 0.29) is 0 Å². The van der Waals surface area contributed by atoms with Gasteiger partial charge in [0.15, 0.2) is 0 Å². The third-order valence-electron chi connectivity index (χ3n) is 3.72. The van der Waals surface area contributed by atoms with Crippen molar-refractivity contribution in [1.29, 1.82) is 0 Å². The molecule has 0 saturated carbocycles. The van der Waals surface area contributed by atoms with Crippen LogP contribution in [0.15, 0.2) is 12.2 Å². The van der Waals surface area contributed by atoms with Gasteiger partial charge in [0.2, 0.25) is 0 Å². The van der Waals surface area contributed by atoms with Gasteiger partial charge in [-0.3, -0.25) is 4.90 Å². The number of hydrogen-bond acceptors (Lipinski definition) is 2. The Kier molecular flexibility index (Phi) is 2.93. The van der Waals surface area contributed by atoms with Crippen LogP contribution in [0.5, 0.6) is 0 Å². The van der Waals surface area contributed by atoms with Gasteiger partial charge in [-0.2, -0.15) is 0 Å². The lowest BCUT2D eigenvalue weighted by Crippen LogP contribution is -2.35. The average Bonchev–Trinajstić information content (AvgIpc) is 2.62. The lowest BCUT2D eigenvalue weighted by molar-refractivity contribution is 0.235. The maximum absolute atomic E-state index is 4.02. The van der Waals surface area contributed by atoms with E-state index in [2.05, 4.69) is 30.6 Å². The molecule has 2 nitrogen and oxygen atoms in total. The lowest BCUT2D eigenvalue weighted by atomic mass is 9.93. The minimum atomic E-state index is 0.798. The highest BCUT2D eigenvalue weighted by Gasteiger charge is 2.42. The fourth-order valence-electron chi connectivity index (χ4n) is 3.20. The molecule has 0 aliphatic carbocycles. The third kappa shape index (κ3) is 1.73. The van der Waals surface area contributed by atoms with Gasteiger partial charge in [-0.05, 0) is 38.3 Å². The van der Waals surface area contributed by atoms with Crippen molar-refractivity contribution in [2.24, 2.45) is 11.8 Å². The molecule has 3 atom stereocenters. The molecule has 2 heterocycles. The van der Waals surface area contributed by atoms with E-state index in [1.807, 2.05) is 0 Å². The van der Waals surface area contributed by atoms with Crippen LogP contribution in [-0.4, -0.2) is 37.1 Å². The fourth-order valence-corrected chi connectivity index (χ4v) is 3.20. The van der Waals surface area contributed by atoms with E-state index in [1.165, 1.54) is 31.6 Å². The normalized spacial score (nSPS) is 37.4. The van der Waals surface area contributed by atoms with Gasteiger partial charge < -0.3 is 5.32 Å². The van der Waals surface area contributed by atoms with Crippen molar-refractivity contribution in [3.63, 3.8) is 0 Å². The quantitative estimate of drug-likeness (QED) is 0.685. The minimum absolute atomic E-state index is 0.798. The van der Waals surface area contributed by atoms with E-state index < -0.39 is 0 Å². The Morgan fingerprint density at radius 1 is 1.50 bits per heavy atom. The van der Waals surface area contributed by atoms with Crippen LogP contribution in [0, 0.1) is 11.8 Å². The van der Waals surface area contributed by atoms with Gasteiger partial charge >= 0.3 is 0 Å². The number of rotatable bonds is 3. The second-order valence-corrected chi connectivity index (χ2v) is 4.94. The summed E-state index contributed by atoms with van der Waals surface area (Å²) in [7, 11) is 0. The lowest BCUT2D eigenvalue weighted by Gasteiger charge is -2.26. The van der Waals surface area contributed by atoms with Crippen LogP contribution < -0.4 is 5.32 Å². The fraction of sp³-hybridized carbons (Fsp3) is 0.833. The number of fused-ring (bicyclic) bond motifs is 1. The molecule has 0 aromatic rings. The van der Waals surface area contributed by atoms with Gasteiger partial charge in [0.05, 0.1) is 0 Å². The minimum Gasteiger partial charge on any atom is -0.316 e. The third-order valence-corrected chi connectivity index (χ3v) is 3.72. The number of nitrogens with zero attached hydrogens (tertiary/aromatic N) is 1. The Balaban J connectivity index is 2.02. The van der Waals surface area contributed by atoms with Gasteiger partial charge in [0, 0.05) is 19.1 Å². The van der Waals surface area contributed by atoms with Crippen LogP contribution in [0.25, 0.3) is 0 Å². The molecule has 2 aliphatic heterocycles. The van der Waals surface area contributed by atoms with Crippen LogP contribution in [0.2, 0.25) is 0 Å². The van der Waals surface area contributed by atoms with E-state index >= 15 is 0 Å². The zero-order valence-electron chi connectivity index (χ0n) is 9.42. The molecule has 2 saturated heterocycles. The first-order chi connectivity index (χ1) is 6.72. The molecule has 2 aliphatic rings. The van der Waals surface area contributed by atoms with Crippen LogP contribution >= 0.6 is 0 Å². The second kappa shape index (κ2) is 4.03. The summed E-state index contributed by atoms with van der Waals surface area (Å²) in [5.74, 6) is 1.80. The SMILES string of the molecule is C=C(C)CN1CC2CNCC2C1CC. The summed E-state index contributed by atoms with van der Waals surface area (Å²) in [6.07, 6.45) is 1.29. The Morgan fingerprint density at radius 3 is 2.93 bits per heavy atom. The molecular weight excluding hydrogens is 172 g/mol. The molecule has 2 rings (SSSR count). The Morgan fingerprint density at radius 2 is 2.29 bits per heavy atom. The summed E-state index contributed by atoms with van der Waals surface area (Å²) in [5.41, 5.74) is 1.30. The van der Waals surface area contributed by atoms with Crippen molar-refractivity contribution >= 4 is 0 Å². The maximum atomic E-state index is 4.02. The van der Waals surface area contributed by atoms with Gasteiger partial charge in [-0.25, -0.2) is 0 Å². The van der Waals surface area contributed by atoms with E-state index in [1.54, 1.807) is 0 Å². The number of likely N-dealkylation sites (tertiary alicyclic amines) is 1. The second-order valence-electron chi connectivity index (χ2n) is 4.94. The monoisotopic (exact) mass is 194 g/mol. The molecule has 0 amide bonds. The predicted octanol–water partition coefficient (Wildman–Crippen LogP) is 1.49. The van der Waals surface area contributed by atoms with Gasteiger partial charge in [0.1, 0.15) is 0 Å². The van der Waals surface area contributed by atoms with Crippen LogP contribution in [-0.2, 0) is 0 Å². The molecule has 0 aromatic heterocycles. The molecule has 2 fully saturated rings. The van der Waals surface area contributed by atoms with Crippen molar-refractivity contribution in [2.45, 2.75) is 26.3 Å². The van der Waals surface area contributed by atoms with E-state index in [0.717, 1.165) is 24.4 Å². The molecule has 0 bridgehead atoms. The van der Waals surface area contributed by atoms with Gasteiger partial charge in [-0.1, -0.05) is 19.1 Å². The Bertz CT molecular complexity index is 224. The van der Waals surface area contributed by atoms with E-state index in [4.69, 9.17) is 0 Å². The van der Waals surface area contributed by atoms with Crippen molar-refractivity contribution in [2.75, 3.05) is 26.2 Å². The molecular formula is C12H22N2. The predicted molar refractivity (Wildman–Crippen MR) is 60.3 cm³/mol. The first-order valence-corrected chi connectivity index (χ1v) is 5.81. The van der Waals surface area contributed by atoms with E-state index in [0.29, 0.717) is 0 Å². The summed E-state index contributed by atoms with van der Waals surface area (Å²) in [6.45, 7) is 13.3. The van der Waals surface area contributed by atoms with Crippen molar-refractivity contribution in [1.82, 2.24) is 10.2 Å². The largest absolute Gasteiger partial charge is 0.316 e.